The van der Waals surface area contributed by atoms with Gasteiger partial charge in [0.1, 0.15) is 0 Å². The second kappa shape index (κ2) is 4.77. The summed E-state index contributed by atoms with van der Waals surface area (Å²) in [6.45, 7) is 0. The average molecular weight is 302 g/mol. The molecule has 0 bridgehead atoms. The summed E-state index contributed by atoms with van der Waals surface area (Å²) in [6.07, 6.45) is 1.56. The normalized spacial score (nSPS) is 15.6. The maximum absolute atomic E-state index is 11.5. The molecule has 14 heavy (non-hydrogen) atoms. The Balaban J connectivity index is 1.79. The molecule has 1 heterocycles. The Morgan fingerprint density at radius 1 is 1.29 bits per heavy atom. The maximum atomic E-state index is 11.5. The van der Waals surface area contributed by atoms with Crippen LogP contribution in [0.1, 0.15) is 12.0 Å². The molecule has 0 aromatic heterocycles. The number of hydrogen-bond donors (Lipinski definition) is 0. The van der Waals surface area contributed by atoms with Crippen LogP contribution in [0.15, 0.2) is 30.3 Å². The molecule has 1 fully saturated rings. The molecular weight excluding hydrogens is 289 g/mol. The average Bonchev–Trinajstić information content (AvgIpc) is 2.14. The van der Waals surface area contributed by atoms with Crippen molar-refractivity contribution in [3.8, 4) is 0 Å². The first-order valence-corrected chi connectivity index (χ1v) is 7.76. The minimum absolute atomic E-state index is 0.333. The number of carbonyl (C=O) groups excluding carboxylic acids is 1. The molecule has 1 amide bonds. The van der Waals surface area contributed by atoms with Gasteiger partial charge in [-0.25, -0.2) is 0 Å². The summed E-state index contributed by atoms with van der Waals surface area (Å²) in [7, 11) is 0. The molecule has 1 aliphatic heterocycles. The van der Waals surface area contributed by atoms with Gasteiger partial charge < -0.3 is 0 Å². The number of amides is 1. The third-order valence-electron chi connectivity index (χ3n) is 2.28. The Morgan fingerprint density at radius 3 is 2.57 bits per heavy atom. The van der Waals surface area contributed by atoms with Gasteiger partial charge in [-0.3, -0.25) is 0 Å². The molecule has 1 saturated heterocycles. The monoisotopic (exact) mass is 302 g/mol. The summed E-state index contributed by atoms with van der Waals surface area (Å²) in [4.78, 5) is 13.5. The predicted octanol–water partition coefficient (Wildman–Crippen LogP) is -1.53. The summed E-state index contributed by atoms with van der Waals surface area (Å²) in [5, 5.41) is 0. The van der Waals surface area contributed by atoms with E-state index in [-0.39, 0.29) is 0 Å². The van der Waals surface area contributed by atoms with E-state index in [0.29, 0.717) is 33.5 Å². The third-order valence-corrected chi connectivity index (χ3v) is 4.89. The molecule has 0 radical (unpaired) electrons. The fourth-order valence-corrected chi connectivity index (χ4v) is 3.08. The Morgan fingerprint density at radius 2 is 2.00 bits per heavy atom. The van der Waals surface area contributed by atoms with Gasteiger partial charge in [-0.1, -0.05) is 0 Å². The van der Waals surface area contributed by atoms with Gasteiger partial charge in [0.15, 0.2) is 0 Å². The van der Waals surface area contributed by atoms with Crippen molar-refractivity contribution in [3.05, 3.63) is 35.9 Å². The van der Waals surface area contributed by atoms with Crippen LogP contribution < -0.4 is 21.2 Å². The number of carbonyl (C=O) groups is 1. The van der Waals surface area contributed by atoms with E-state index in [1.165, 1.54) is 5.56 Å². The molecule has 0 atom stereocenters. The van der Waals surface area contributed by atoms with Gasteiger partial charge in [-0.2, -0.15) is 0 Å². The first-order chi connectivity index (χ1) is 6.86. The van der Waals surface area contributed by atoms with E-state index in [9.17, 15) is 4.79 Å². The van der Waals surface area contributed by atoms with Crippen molar-refractivity contribution in [1.82, 2.24) is 4.90 Å². The number of nitrogens with zero attached hydrogens (tertiary/aromatic N) is 1. The van der Waals surface area contributed by atoms with Gasteiger partial charge in [-0.05, 0) is 0 Å². The van der Waals surface area contributed by atoms with E-state index >= 15 is 0 Å². The van der Waals surface area contributed by atoms with E-state index in [2.05, 4.69) is 12.1 Å². The zero-order chi connectivity index (χ0) is 9.80. The summed E-state index contributed by atoms with van der Waals surface area (Å²) in [6, 6.07) is 10.2. The van der Waals surface area contributed by atoms with Crippen LogP contribution in [0.3, 0.4) is 0 Å². The number of hydrogen-bond acceptors (Lipinski definition) is 1. The first kappa shape index (κ1) is 9.96. The number of aryl methyl sites for hydroxylation is 1. The fourth-order valence-electron chi connectivity index (χ4n) is 1.36. The van der Waals surface area contributed by atoms with Crippen molar-refractivity contribution < 1.29 is 26.0 Å². The second-order valence-electron chi connectivity index (χ2n) is 3.35. The first-order valence-electron chi connectivity index (χ1n) is 4.71. The number of rotatable bonds is 3. The SMILES string of the molecule is O=C(CCc1ccccc1)N1C[I-]C1. The third kappa shape index (κ3) is 2.47. The summed E-state index contributed by atoms with van der Waals surface area (Å²) in [5.74, 6) is 0.333. The molecule has 0 saturated carbocycles. The van der Waals surface area contributed by atoms with E-state index in [4.69, 9.17) is 0 Å². The Hall–Kier alpha value is -0.580. The summed E-state index contributed by atoms with van der Waals surface area (Å²) < 4.78 is 2.15. The number of benzene rings is 1. The van der Waals surface area contributed by atoms with Crippen LogP contribution in [0.5, 0.6) is 0 Å². The van der Waals surface area contributed by atoms with Crippen molar-refractivity contribution >= 4 is 5.91 Å². The molecule has 0 aliphatic carbocycles. The zero-order valence-electron chi connectivity index (χ0n) is 7.95. The Kier molecular flexibility index (Phi) is 3.39. The van der Waals surface area contributed by atoms with Crippen LogP contribution in [0.25, 0.3) is 0 Å². The van der Waals surface area contributed by atoms with Gasteiger partial charge in [0.05, 0.1) is 0 Å². The Labute approximate surface area is 94.6 Å². The van der Waals surface area contributed by atoms with Gasteiger partial charge in [0.25, 0.3) is 0 Å². The van der Waals surface area contributed by atoms with Crippen LogP contribution in [0, 0.1) is 0 Å². The summed E-state index contributed by atoms with van der Waals surface area (Å²) >= 11 is 0.356. The molecule has 1 aliphatic rings. The molecule has 0 N–H and O–H groups in total. The van der Waals surface area contributed by atoms with Crippen molar-refractivity contribution in [1.29, 1.82) is 0 Å². The molecule has 1 aromatic carbocycles. The van der Waals surface area contributed by atoms with Crippen molar-refractivity contribution in [2.45, 2.75) is 12.8 Å². The van der Waals surface area contributed by atoms with Gasteiger partial charge in [0, 0.05) is 0 Å². The van der Waals surface area contributed by atoms with Gasteiger partial charge >= 0.3 is 94.6 Å². The zero-order valence-corrected chi connectivity index (χ0v) is 10.1. The molecule has 3 heteroatoms. The van der Waals surface area contributed by atoms with Crippen molar-refractivity contribution in [2.24, 2.45) is 0 Å². The van der Waals surface area contributed by atoms with E-state index < -0.39 is 0 Å². The van der Waals surface area contributed by atoms with Gasteiger partial charge in [0.2, 0.25) is 0 Å². The molecule has 2 nitrogen and oxygen atoms in total. The predicted molar refractivity (Wildman–Crippen MR) is 51.3 cm³/mol. The van der Waals surface area contributed by atoms with E-state index in [0.717, 1.165) is 15.5 Å². The van der Waals surface area contributed by atoms with Crippen LogP contribution in [-0.2, 0) is 11.2 Å². The van der Waals surface area contributed by atoms with Crippen molar-refractivity contribution in [2.75, 3.05) is 9.10 Å². The van der Waals surface area contributed by atoms with E-state index in [1.807, 2.05) is 23.1 Å². The standard InChI is InChI=1S/C11H13INO/c14-11(13-8-12-9-13)7-6-10-4-2-1-3-5-10/h1-5H,6-9H2/q-1. The van der Waals surface area contributed by atoms with E-state index in [1.54, 1.807) is 0 Å². The molecular formula is C11H13INO-. The number of alkyl halides is 2. The van der Waals surface area contributed by atoms with Crippen molar-refractivity contribution in [3.63, 3.8) is 0 Å². The van der Waals surface area contributed by atoms with Crippen LogP contribution >= 0.6 is 0 Å². The fraction of sp³-hybridized carbons (Fsp3) is 0.364. The second-order valence-corrected chi connectivity index (χ2v) is 5.79. The topological polar surface area (TPSA) is 20.3 Å². The Bertz CT molecular complexity index is 308. The van der Waals surface area contributed by atoms with Crippen LogP contribution in [0.4, 0.5) is 0 Å². The molecule has 0 spiro atoms. The molecule has 0 unspecified atom stereocenters. The quantitative estimate of drug-likeness (QED) is 0.377. The summed E-state index contributed by atoms with van der Waals surface area (Å²) in [5.41, 5.74) is 1.26. The molecule has 1 aromatic rings. The molecule has 76 valence electrons. The minimum atomic E-state index is 0.333. The van der Waals surface area contributed by atoms with Crippen LogP contribution in [0.2, 0.25) is 0 Å². The van der Waals surface area contributed by atoms with Gasteiger partial charge in [-0.15, -0.1) is 0 Å². The van der Waals surface area contributed by atoms with Crippen LogP contribution in [-0.4, -0.2) is 19.9 Å². The molecule has 2 rings (SSSR count). The number of halogens is 1.